The highest BCUT2D eigenvalue weighted by atomic mass is 79.9. The van der Waals surface area contributed by atoms with Gasteiger partial charge in [-0.15, -0.1) is 5.10 Å². The van der Waals surface area contributed by atoms with E-state index in [9.17, 15) is 4.79 Å². The Kier molecular flexibility index (Phi) is 6.13. The molecule has 4 rings (SSSR count). The topological polar surface area (TPSA) is 69.0 Å². The largest absolute Gasteiger partial charge is 0.463 e. The zero-order valence-electron chi connectivity index (χ0n) is 17.2. The van der Waals surface area contributed by atoms with Gasteiger partial charge in [0.2, 0.25) is 0 Å². The lowest BCUT2D eigenvalue weighted by Gasteiger charge is -2.09. The molecule has 0 spiro atoms. The number of nitrogens with zero attached hydrogens (tertiary/aromatic N) is 3. The summed E-state index contributed by atoms with van der Waals surface area (Å²) in [6.07, 6.45) is 0. The number of rotatable bonds is 6. The first-order valence-corrected chi connectivity index (χ1v) is 10.7. The molecule has 6 nitrogen and oxygen atoms in total. The molecule has 1 heterocycles. The van der Waals surface area contributed by atoms with Gasteiger partial charge in [0.05, 0.1) is 12.3 Å². The number of halogens is 1. The van der Waals surface area contributed by atoms with E-state index in [1.54, 1.807) is 16.8 Å². The number of ether oxygens (including phenoxy) is 1. The SMILES string of the molecule is CCOc1nc(-c2ccc(C)cc2)n(-c2ccc(NC(=O)c3ccc(Br)cc3)cc2)n1. The lowest BCUT2D eigenvalue weighted by atomic mass is 10.1. The highest BCUT2D eigenvalue weighted by Crippen LogP contribution is 2.25. The van der Waals surface area contributed by atoms with Gasteiger partial charge in [0.1, 0.15) is 0 Å². The Bertz CT molecular complexity index is 1180. The van der Waals surface area contributed by atoms with Crippen LogP contribution in [-0.4, -0.2) is 27.3 Å². The van der Waals surface area contributed by atoms with Crippen molar-refractivity contribution in [3.05, 3.63) is 88.4 Å². The molecule has 0 aliphatic carbocycles. The van der Waals surface area contributed by atoms with Crippen LogP contribution in [0.5, 0.6) is 6.01 Å². The van der Waals surface area contributed by atoms with Crippen molar-refractivity contribution in [3.63, 3.8) is 0 Å². The third kappa shape index (κ3) is 4.83. The summed E-state index contributed by atoms with van der Waals surface area (Å²) >= 11 is 3.38. The summed E-state index contributed by atoms with van der Waals surface area (Å²) in [6, 6.07) is 23.1. The van der Waals surface area contributed by atoms with Crippen LogP contribution in [0.1, 0.15) is 22.8 Å². The molecule has 1 aromatic heterocycles. The molecule has 4 aromatic rings. The fraction of sp³-hybridized carbons (Fsp3) is 0.125. The summed E-state index contributed by atoms with van der Waals surface area (Å²) in [5, 5.41) is 7.42. The molecule has 0 atom stereocenters. The summed E-state index contributed by atoms with van der Waals surface area (Å²) in [5.74, 6) is 0.523. The van der Waals surface area contributed by atoms with Crippen LogP contribution in [0.3, 0.4) is 0 Å². The molecule has 31 heavy (non-hydrogen) atoms. The van der Waals surface area contributed by atoms with Crippen molar-refractivity contribution in [1.82, 2.24) is 14.8 Å². The van der Waals surface area contributed by atoms with Crippen molar-refractivity contribution in [2.45, 2.75) is 13.8 Å². The van der Waals surface area contributed by atoms with Crippen LogP contribution >= 0.6 is 15.9 Å². The summed E-state index contributed by atoms with van der Waals surface area (Å²) in [5.41, 5.74) is 4.21. The van der Waals surface area contributed by atoms with Crippen molar-refractivity contribution >= 4 is 27.5 Å². The second-order valence-corrected chi connectivity index (χ2v) is 7.85. The minimum absolute atomic E-state index is 0.167. The molecule has 0 aliphatic rings. The number of aromatic nitrogens is 3. The molecule has 0 aliphatic heterocycles. The Balaban J connectivity index is 1.60. The molecular formula is C24H21BrN4O2. The average molecular weight is 477 g/mol. The van der Waals surface area contributed by atoms with Gasteiger partial charge >= 0.3 is 6.01 Å². The highest BCUT2D eigenvalue weighted by molar-refractivity contribution is 9.10. The number of carbonyl (C=O) groups is 1. The van der Waals surface area contributed by atoms with Crippen molar-refractivity contribution in [3.8, 4) is 23.1 Å². The third-order valence-electron chi connectivity index (χ3n) is 4.65. The lowest BCUT2D eigenvalue weighted by molar-refractivity contribution is 0.102. The van der Waals surface area contributed by atoms with Crippen LogP contribution in [0.2, 0.25) is 0 Å². The minimum atomic E-state index is -0.167. The summed E-state index contributed by atoms with van der Waals surface area (Å²) < 4.78 is 8.20. The number of aryl methyl sites for hydroxylation is 1. The Morgan fingerprint density at radius 2 is 1.68 bits per heavy atom. The van der Waals surface area contributed by atoms with Gasteiger partial charge in [-0.1, -0.05) is 45.8 Å². The van der Waals surface area contributed by atoms with Crippen molar-refractivity contribution < 1.29 is 9.53 Å². The van der Waals surface area contributed by atoms with Crippen LogP contribution in [0.4, 0.5) is 5.69 Å². The van der Waals surface area contributed by atoms with Crippen molar-refractivity contribution in [2.75, 3.05) is 11.9 Å². The number of hydrogen-bond acceptors (Lipinski definition) is 4. The van der Waals surface area contributed by atoms with Crippen LogP contribution in [0, 0.1) is 6.92 Å². The predicted octanol–water partition coefficient (Wildman–Crippen LogP) is 5.66. The molecule has 3 aromatic carbocycles. The normalized spacial score (nSPS) is 10.7. The third-order valence-corrected chi connectivity index (χ3v) is 5.18. The second-order valence-electron chi connectivity index (χ2n) is 6.94. The molecule has 0 fully saturated rings. The van der Waals surface area contributed by atoms with Gasteiger partial charge in [0.25, 0.3) is 5.91 Å². The number of nitrogens with one attached hydrogen (secondary N) is 1. The molecule has 1 N–H and O–H groups in total. The fourth-order valence-corrected chi connectivity index (χ4v) is 3.31. The van der Waals surface area contributed by atoms with E-state index in [2.05, 4.69) is 31.3 Å². The summed E-state index contributed by atoms with van der Waals surface area (Å²) in [4.78, 5) is 17.0. The van der Waals surface area contributed by atoms with Crippen LogP contribution < -0.4 is 10.1 Å². The maximum Gasteiger partial charge on any atom is 0.336 e. The lowest BCUT2D eigenvalue weighted by Crippen LogP contribution is -2.11. The fourth-order valence-electron chi connectivity index (χ4n) is 3.04. The van der Waals surface area contributed by atoms with E-state index in [1.165, 1.54) is 5.56 Å². The van der Waals surface area contributed by atoms with E-state index < -0.39 is 0 Å². The Labute approximate surface area is 189 Å². The number of hydrogen-bond donors (Lipinski definition) is 1. The maximum absolute atomic E-state index is 12.5. The molecule has 0 saturated heterocycles. The van der Waals surface area contributed by atoms with Gasteiger partial charge in [0, 0.05) is 21.3 Å². The molecule has 7 heteroatoms. The van der Waals surface area contributed by atoms with Crippen LogP contribution in [-0.2, 0) is 0 Å². The number of anilines is 1. The first kappa shape index (κ1) is 20.8. The van der Waals surface area contributed by atoms with Crippen LogP contribution in [0.25, 0.3) is 17.1 Å². The van der Waals surface area contributed by atoms with Gasteiger partial charge in [-0.25, -0.2) is 4.68 Å². The Morgan fingerprint density at radius 3 is 2.32 bits per heavy atom. The minimum Gasteiger partial charge on any atom is -0.463 e. The summed E-state index contributed by atoms with van der Waals surface area (Å²) in [7, 11) is 0. The van der Waals surface area contributed by atoms with Crippen molar-refractivity contribution in [2.24, 2.45) is 0 Å². The number of carbonyl (C=O) groups excluding carboxylic acids is 1. The monoisotopic (exact) mass is 476 g/mol. The molecule has 156 valence electrons. The molecule has 0 saturated carbocycles. The Morgan fingerprint density at radius 1 is 1.00 bits per heavy atom. The number of amides is 1. The van der Waals surface area contributed by atoms with E-state index >= 15 is 0 Å². The van der Waals surface area contributed by atoms with Gasteiger partial charge in [-0.2, -0.15) is 4.98 Å². The van der Waals surface area contributed by atoms with E-state index in [0.717, 1.165) is 15.7 Å². The van der Waals surface area contributed by atoms with Gasteiger partial charge in [-0.05, 0) is 62.4 Å². The zero-order chi connectivity index (χ0) is 21.8. The molecule has 0 bridgehead atoms. The average Bonchev–Trinajstić information content (AvgIpc) is 3.19. The number of benzene rings is 3. The first-order valence-electron chi connectivity index (χ1n) is 9.88. The Hall–Kier alpha value is -3.45. The quantitative estimate of drug-likeness (QED) is 0.389. The van der Waals surface area contributed by atoms with E-state index in [4.69, 9.17) is 4.74 Å². The van der Waals surface area contributed by atoms with E-state index in [0.29, 0.717) is 29.7 Å². The predicted molar refractivity (Wildman–Crippen MR) is 125 cm³/mol. The zero-order valence-corrected chi connectivity index (χ0v) is 18.8. The summed E-state index contributed by atoms with van der Waals surface area (Å²) in [6.45, 7) is 4.43. The molecular weight excluding hydrogens is 456 g/mol. The molecule has 0 unspecified atom stereocenters. The standard InChI is InChI=1S/C24H21BrN4O2/c1-3-31-24-27-22(17-6-4-16(2)5-7-17)29(28-24)21-14-12-20(13-15-21)26-23(30)18-8-10-19(25)11-9-18/h4-15H,3H2,1-2H3,(H,26,30). The first-order chi connectivity index (χ1) is 15.0. The molecule has 0 radical (unpaired) electrons. The molecule has 1 amide bonds. The van der Waals surface area contributed by atoms with Gasteiger partial charge < -0.3 is 10.1 Å². The van der Waals surface area contributed by atoms with Gasteiger partial charge in [-0.3, -0.25) is 4.79 Å². The second kappa shape index (κ2) is 9.14. The van der Waals surface area contributed by atoms with E-state index in [1.807, 2.05) is 74.5 Å². The van der Waals surface area contributed by atoms with Crippen LogP contribution in [0.15, 0.2) is 77.3 Å². The van der Waals surface area contributed by atoms with Crippen molar-refractivity contribution in [1.29, 1.82) is 0 Å². The highest BCUT2D eigenvalue weighted by Gasteiger charge is 2.15. The van der Waals surface area contributed by atoms with E-state index in [-0.39, 0.29) is 5.91 Å². The van der Waals surface area contributed by atoms with Gasteiger partial charge in [0.15, 0.2) is 5.82 Å². The maximum atomic E-state index is 12.5. The smallest absolute Gasteiger partial charge is 0.336 e.